The molecule has 17 heavy (non-hydrogen) atoms. The molecule has 1 unspecified atom stereocenters. The van der Waals surface area contributed by atoms with Crippen LogP contribution in [-0.4, -0.2) is 30.5 Å². The van der Waals surface area contributed by atoms with Gasteiger partial charge >= 0.3 is 0 Å². The largest absolute Gasteiger partial charge is 0.352 e. The maximum atomic E-state index is 11.8. The van der Waals surface area contributed by atoms with Gasteiger partial charge in [-0.15, -0.1) is 0 Å². The minimum absolute atomic E-state index is 0.0512. The van der Waals surface area contributed by atoms with E-state index in [0.29, 0.717) is 11.5 Å². The summed E-state index contributed by atoms with van der Waals surface area (Å²) < 4.78 is 0.824. The Bertz CT molecular complexity index is 391. The second-order valence-electron chi connectivity index (χ2n) is 4.30. The second kappa shape index (κ2) is 6.12. The molecule has 1 aliphatic rings. The van der Waals surface area contributed by atoms with Crippen LogP contribution in [0, 0.1) is 5.92 Å². The van der Waals surface area contributed by atoms with Crippen LogP contribution in [0.5, 0.6) is 0 Å². The molecule has 0 bridgehead atoms. The van der Waals surface area contributed by atoms with Crippen molar-refractivity contribution in [1.29, 1.82) is 0 Å². The van der Waals surface area contributed by atoms with Crippen LogP contribution < -0.4 is 10.6 Å². The van der Waals surface area contributed by atoms with E-state index in [1.54, 1.807) is 18.5 Å². The summed E-state index contributed by atoms with van der Waals surface area (Å²) in [5.74, 6) is 0.653. The van der Waals surface area contributed by atoms with Crippen LogP contribution >= 0.6 is 15.9 Å². The lowest BCUT2D eigenvalue weighted by Crippen LogP contribution is -2.26. The van der Waals surface area contributed by atoms with Gasteiger partial charge < -0.3 is 10.6 Å². The first-order chi connectivity index (χ1) is 8.25. The molecule has 5 heteroatoms. The smallest absolute Gasteiger partial charge is 0.252 e. The summed E-state index contributed by atoms with van der Waals surface area (Å²) in [7, 11) is 0. The summed E-state index contributed by atoms with van der Waals surface area (Å²) in [6.45, 7) is 2.92. The summed E-state index contributed by atoms with van der Waals surface area (Å²) in [6.07, 6.45) is 5.51. The van der Waals surface area contributed by atoms with Gasteiger partial charge in [0, 0.05) is 23.4 Å². The minimum Gasteiger partial charge on any atom is -0.352 e. The molecule has 1 aliphatic heterocycles. The molecule has 1 saturated heterocycles. The number of hydrogen-bond donors (Lipinski definition) is 2. The molecular formula is C12H16BrN3O. The number of amides is 1. The molecule has 1 atom stereocenters. The SMILES string of the molecule is O=C(NCCC1CCNC1)c1cncc(Br)c1. The number of pyridine rings is 1. The summed E-state index contributed by atoms with van der Waals surface area (Å²) >= 11 is 3.30. The number of nitrogens with zero attached hydrogens (tertiary/aromatic N) is 1. The summed E-state index contributed by atoms with van der Waals surface area (Å²) in [5.41, 5.74) is 0.601. The first kappa shape index (κ1) is 12.5. The van der Waals surface area contributed by atoms with E-state index in [-0.39, 0.29) is 5.91 Å². The van der Waals surface area contributed by atoms with Crippen molar-refractivity contribution in [3.05, 3.63) is 28.5 Å². The summed E-state index contributed by atoms with van der Waals surface area (Å²) in [5, 5.41) is 6.25. The fourth-order valence-electron chi connectivity index (χ4n) is 1.99. The highest BCUT2D eigenvalue weighted by Crippen LogP contribution is 2.12. The van der Waals surface area contributed by atoms with Crippen molar-refractivity contribution in [3.8, 4) is 0 Å². The molecule has 1 aromatic rings. The quantitative estimate of drug-likeness (QED) is 0.887. The Morgan fingerprint density at radius 1 is 1.59 bits per heavy atom. The van der Waals surface area contributed by atoms with Gasteiger partial charge in [0.25, 0.3) is 5.91 Å². The maximum Gasteiger partial charge on any atom is 0.252 e. The summed E-state index contributed by atoms with van der Waals surface area (Å²) in [6, 6.07) is 1.78. The van der Waals surface area contributed by atoms with Crippen LogP contribution in [0.25, 0.3) is 0 Å². The van der Waals surface area contributed by atoms with Crippen molar-refractivity contribution < 1.29 is 4.79 Å². The van der Waals surface area contributed by atoms with Crippen molar-refractivity contribution in [2.24, 2.45) is 5.92 Å². The van der Waals surface area contributed by atoms with E-state index in [2.05, 4.69) is 31.5 Å². The number of carbonyl (C=O) groups excluding carboxylic acids is 1. The van der Waals surface area contributed by atoms with Crippen molar-refractivity contribution >= 4 is 21.8 Å². The van der Waals surface area contributed by atoms with Gasteiger partial charge in [0.15, 0.2) is 0 Å². The van der Waals surface area contributed by atoms with Crippen LogP contribution in [0.4, 0.5) is 0 Å². The molecule has 0 saturated carbocycles. The van der Waals surface area contributed by atoms with Gasteiger partial charge in [0.05, 0.1) is 5.56 Å². The fraction of sp³-hybridized carbons (Fsp3) is 0.500. The first-order valence-electron chi connectivity index (χ1n) is 5.85. The number of nitrogens with one attached hydrogen (secondary N) is 2. The molecule has 0 aromatic carbocycles. The monoisotopic (exact) mass is 297 g/mol. The lowest BCUT2D eigenvalue weighted by Gasteiger charge is -2.09. The Morgan fingerprint density at radius 3 is 3.18 bits per heavy atom. The van der Waals surface area contributed by atoms with Gasteiger partial charge in [0.1, 0.15) is 0 Å². The second-order valence-corrected chi connectivity index (χ2v) is 5.21. The lowest BCUT2D eigenvalue weighted by atomic mass is 10.1. The lowest BCUT2D eigenvalue weighted by molar-refractivity contribution is 0.0951. The molecule has 0 radical (unpaired) electrons. The molecule has 92 valence electrons. The van der Waals surface area contributed by atoms with E-state index < -0.39 is 0 Å². The molecule has 1 fully saturated rings. The minimum atomic E-state index is -0.0512. The van der Waals surface area contributed by atoms with E-state index in [1.807, 2.05) is 0 Å². The Labute approximate surface area is 109 Å². The zero-order valence-corrected chi connectivity index (χ0v) is 11.2. The highest BCUT2D eigenvalue weighted by atomic mass is 79.9. The number of hydrogen-bond acceptors (Lipinski definition) is 3. The molecule has 1 amide bonds. The molecule has 2 heterocycles. The molecule has 1 aromatic heterocycles. The molecule has 2 rings (SSSR count). The number of halogens is 1. The summed E-state index contributed by atoms with van der Waals surface area (Å²) in [4.78, 5) is 15.8. The van der Waals surface area contributed by atoms with E-state index >= 15 is 0 Å². The van der Waals surface area contributed by atoms with Crippen LogP contribution in [-0.2, 0) is 0 Å². The highest BCUT2D eigenvalue weighted by molar-refractivity contribution is 9.10. The average Bonchev–Trinajstić information content (AvgIpc) is 2.82. The van der Waals surface area contributed by atoms with Crippen molar-refractivity contribution in [1.82, 2.24) is 15.6 Å². The van der Waals surface area contributed by atoms with Gasteiger partial charge in [-0.1, -0.05) is 0 Å². The predicted molar refractivity (Wildman–Crippen MR) is 69.9 cm³/mol. The third kappa shape index (κ3) is 3.78. The molecular weight excluding hydrogens is 282 g/mol. The zero-order valence-electron chi connectivity index (χ0n) is 9.58. The van der Waals surface area contributed by atoms with Crippen molar-refractivity contribution in [3.63, 3.8) is 0 Å². The third-order valence-corrected chi connectivity index (χ3v) is 3.40. The normalized spacial score (nSPS) is 19.2. The molecule has 0 spiro atoms. The zero-order chi connectivity index (χ0) is 12.1. The average molecular weight is 298 g/mol. The Morgan fingerprint density at radius 2 is 2.47 bits per heavy atom. The maximum absolute atomic E-state index is 11.8. The van der Waals surface area contributed by atoms with Crippen LogP contribution in [0.2, 0.25) is 0 Å². The van der Waals surface area contributed by atoms with Crippen molar-refractivity contribution in [2.75, 3.05) is 19.6 Å². The topological polar surface area (TPSA) is 54.0 Å². The van der Waals surface area contributed by atoms with Crippen LogP contribution in [0.15, 0.2) is 22.9 Å². The van der Waals surface area contributed by atoms with E-state index in [4.69, 9.17) is 0 Å². The Kier molecular flexibility index (Phi) is 4.50. The van der Waals surface area contributed by atoms with E-state index in [1.165, 1.54) is 6.42 Å². The predicted octanol–water partition coefficient (Wildman–Crippen LogP) is 1.57. The number of aromatic nitrogens is 1. The molecule has 0 aliphatic carbocycles. The molecule has 4 nitrogen and oxygen atoms in total. The van der Waals surface area contributed by atoms with Gasteiger partial charge in [-0.3, -0.25) is 9.78 Å². The molecule has 2 N–H and O–H groups in total. The van der Waals surface area contributed by atoms with Crippen molar-refractivity contribution in [2.45, 2.75) is 12.8 Å². The Hall–Kier alpha value is -0.940. The van der Waals surface area contributed by atoms with E-state index in [0.717, 1.165) is 30.5 Å². The van der Waals surface area contributed by atoms with Gasteiger partial charge in [-0.25, -0.2) is 0 Å². The van der Waals surface area contributed by atoms with E-state index in [9.17, 15) is 4.79 Å². The first-order valence-corrected chi connectivity index (χ1v) is 6.64. The third-order valence-electron chi connectivity index (χ3n) is 2.97. The van der Waals surface area contributed by atoms with Gasteiger partial charge in [-0.2, -0.15) is 0 Å². The highest BCUT2D eigenvalue weighted by Gasteiger charge is 2.14. The van der Waals surface area contributed by atoms with Crippen LogP contribution in [0.1, 0.15) is 23.2 Å². The number of carbonyl (C=O) groups is 1. The Balaban J connectivity index is 1.77. The standard InChI is InChI=1S/C12H16BrN3O/c13-11-5-10(7-15-8-11)12(17)16-4-2-9-1-3-14-6-9/h5,7-9,14H,1-4,6H2,(H,16,17). The van der Waals surface area contributed by atoms with Gasteiger partial charge in [-0.05, 0) is 53.8 Å². The van der Waals surface area contributed by atoms with Crippen LogP contribution in [0.3, 0.4) is 0 Å². The van der Waals surface area contributed by atoms with Gasteiger partial charge in [0.2, 0.25) is 0 Å². The number of rotatable bonds is 4. The fourth-order valence-corrected chi connectivity index (χ4v) is 2.35.